The smallest absolute Gasteiger partial charge is 0.0936 e. The second-order valence-corrected chi connectivity index (χ2v) is 3.26. The summed E-state index contributed by atoms with van der Waals surface area (Å²) in [5.74, 6) is 0. The molecule has 1 saturated heterocycles. The van der Waals surface area contributed by atoms with E-state index in [-0.39, 0.29) is 0 Å². The van der Waals surface area contributed by atoms with Crippen LogP contribution in [0.1, 0.15) is 26.7 Å². The minimum atomic E-state index is 0.563. The van der Waals surface area contributed by atoms with E-state index in [1.807, 2.05) is 0 Å². The summed E-state index contributed by atoms with van der Waals surface area (Å²) in [6, 6.07) is 0. The van der Waals surface area contributed by atoms with Crippen LogP contribution in [0.25, 0.3) is 0 Å². The molecule has 1 aliphatic rings. The standard InChI is InChI=1S/C9H19NO/c1-3-5-10(6-4-2)7-9-8-11-9/h9H,3-8H2,1-2H3/t9-/m0/s1. The number of hydrogen-bond donors (Lipinski definition) is 0. The maximum atomic E-state index is 5.19. The largest absolute Gasteiger partial charge is 0.372 e. The molecule has 0 saturated carbocycles. The van der Waals surface area contributed by atoms with Crippen molar-refractivity contribution < 1.29 is 4.74 Å². The molecule has 1 rings (SSSR count). The van der Waals surface area contributed by atoms with Crippen LogP contribution in [0, 0.1) is 0 Å². The Labute approximate surface area is 69.5 Å². The molecule has 0 unspecified atom stereocenters. The Morgan fingerprint density at radius 3 is 2.18 bits per heavy atom. The first-order valence-corrected chi connectivity index (χ1v) is 4.70. The van der Waals surface area contributed by atoms with Crippen LogP contribution in [-0.2, 0) is 4.74 Å². The summed E-state index contributed by atoms with van der Waals surface area (Å²) in [6.45, 7) is 9.07. The fourth-order valence-corrected chi connectivity index (χ4v) is 1.39. The maximum absolute atomic E-state index is 5.19. The lowest BCUT2D eigenvalue weighted by Crippen LogP contribution is -2.29. The van der Waals surface area contributed by atoms with Crippen molar-refractivity contribution in [1.29, 1.82) is 0 Å². The molecule has 1 fully saturated rings. The summed E-state index contributed by atoms with van der Waals surface area (Å²) in [4.78, 5) is 2.50. The van der Waals surface area contributed by atoms with Crippen LogP contribution in [0.4, 0.5) is 0 Å². The van der Waals surface area contributed by atoms with Gasteiger partial charge in [-0.25, -0.2) is 0 Å². The van der Waals surface area contributed by atoms with Crippen LogP contribution in [0.15, 0.2) is 0 Å². The molecule has 0 N–H and O–H groups in total. The van der Waals surface area contributed by atoms with Gasteiger partial charge in [0.05, 0.1) is 12.7 Å². The van der Waals surface area contributed by atoms with E-state index in [9.17, 15) is 0 Å². The molecule has 1 aliphatic heterocycles. The molecule has 66 valence electrons. The first-order chi connectivity index (χ1) is 5.36. The highest BCUT2D eigenvalue weighted by Gasteiger charge is 2.24. The lowest BCUT2D eigenvalue weighted by atomic mass is 10.3. The number of epoxide rings is 1. The lowest BCUT2D eigenvalue weighted by molar-refractivity contribution is 0.242. The van der Waals surface area contributed by atoms with Gasteiger partial charge < -0.3 is 9.64 Å². The summed E-state index contributed by atoms with van der Waals surface area (Å²) in [5, 5.41) is 0. The van der Waals surface area contributed by atoms with E-state index in [1.165, 1.54) is 25.9 Å². The summed E-state index contributed by atoms with van der Waals surface area (Å²) in [7, 11) is 0. The third kappa shape index (κ3) is 3.73. The Kier molecular flexibility index (Phi) is 3.87. The number of nitrogens with zero attached hydrogens (tertiary/aromatic N) is 1. The molecule has 0 amide bonds. The quantitative estimate of drug-likeness (QED) is 0.543. The minimum Gasteiger partial charge on any atom is -0.372 e. The molecule has 1 atom stereocenters. The minimum absolute atomic E-state index is 0.563. The van der Waals surface area contributed by atoms with Crippen LogP contribution < -0.4 is 0 Å². The lowest BCUT2D eigenvalue weighted by Gasteiger charge is -2.19. The van der Waals surface area contributed by atoms with Crippen LogP contribution in [0.3, 0.4) is 0 Å². The summed E-state index contributed by atoms with van der Waals surface area (Å²) in [5.41, 5.74) is 0. The van der Waals surface area contributed by atoms with Crippen LogP contribution >= 0.6 is 0 Å². The third-order valence-electron chi connectivity index (χ3n) is 1.94. The predicted molar refractivity (Wildman–Crippen MR) is 46.8 cm³/mol. The van der Waals surface area contributed by atoms with E-state index < -0.39 is 0 Å². The van der Waals surface area contributed by atoms with Gasteiger partial charge in [0.2, 0.25) is 0 Å². The molecule has 11 heavy (non-hydrogen) atoms. The van der Waals surface area contributed by atoms with Crippen molar-refractivity contribution in [3.8, 4) is 0 Å². The highest BCUT2D eigenvalue weighted by Crippen LogP contribution is 2.11. The molecular formula is C9H19NO. The van der Waals surface area contributed by atoms with Gasteiger partial charge in [0.1, 0.15) is 0 Å². The molecular weight excluding hydrogens is 138 g/mol. The SMILES string of the molecule is CCCN(CCC)C[C@H]1CO1. The van der Waals surface area contributed by atoms with Gasteiger partial charge in [-0.3, -0.25) is 0 Å². The zero-order chi connectivity index (χ0) is 8.10. The molecule has 0 aromatic rings. The van der Waals surface area contributed by atoms with Crippen molar-refractivity contribution in [3.05, 3.63) is 0 Å². The first-order valence-electron chi connectivity index (χ1n) is 4.70. The van der Waals surface area contributed by atoms with E-state index in [2.05, 4.69) is 18.7 Å². The highest BCUT2D eigenvalue weighted by atomic mass is 16.6. The topological polar surface area (TPSA) is 15.8 Å². The number of hydrogen-bond acceptors (Lipinski definition) is 2. The third-order valence-corrected chi connectivity index (χ3v) is 1.94. The Morgan fingerprint density at radius 1 is 1.27 bits per heavy atom. The average Bonchev–Trinajstić information content (AvgIpc) is 2.73. The molecule has 1 heterocycles. The Bertz CT molecular complexity index is 95.7. The van der Waals surface area contributed by atoms with Crippen molar-refractivity contribution in [2.45, 2.75) is 32.8 Å². The van der Waals surface area contributed by atoms with E-state index in [0.717, 1.165) is 13.2 Å². The Hall–Kier alpha value is -0.0800. The van der Waals surface area contributed by atoms with Gasteiger partial charge in [0.15, 0.2) is 0 Å². The highest BCUT2D eigenvalue weighted by molar-refractivity contribution is 4.73. The molecule has 0 spiro atoms. The van der Waals surface area contributed by atoms with Crippen molar-refractivity contribution in [2.24, 2.45) is 0 Å². The molecule has 0 radical (unpaired) electrons. The number of rotatable bonds is 6. The molecule has 0 bridgehead atoms. The van der Waals surface area contributed by atoms with E-state index in [0.29, 0.717) is 6.10 Å². The van der Waals surface area contributed by atoms with Gasteiger partial charge in [0, 0.05) is 6.54 Å². The average molecular weight is 157 g/mol. The second-order valence-electron chi connectivity index (χ2n) is 3.26. The van der Waals surface area contributed by atoms with E-state index in [4.69, 9.17) is 4.74 Å². The molecule has 0 aliphatic carbocycles. The van der Waals surface area contributed by atoms with Gasteiger partial charge >= 0.3 is 0 Å². The molecule has 0 aromatic heterocycles. The fraction of sp³-hybridized carbons (Fsp3) is 1.00. The van der Waals surface area contributed by atoms with Gasteiger partial charge in [-0.2, -0.15) is 0 Å². The fourth-order valence-electron chi connectivity index (χ4n) is 1.39. The van der Waals surface area contributed by atoms with Crippen molar-refractivity contribution in [3.63, 3.8) is 0 Å². The monoisotopic (exact) mass is 157 g/mol. The van der Waals surface area contributed by atoms with Crippen molar-refractivity contribution >= 4 is 0 Å². The number of ether oxygens (including phenoxy) is 1. The Balaban J connectivity index is 2.08. The van der Waals surface area contributed by atoms with Crippen LogP contribution in [0.5, 0.6) is 0 Å². The zero-order valence-corrected chi connectivity index (χ0v) is 7.68. The predicted octanol–water partition coefficient (Wildman–Crippen LogP) is 1.51. The van der Waals surface area contributed by atoms with Gasteiger partial charge in [-0.1, -0.05) is 13.8 Å². The van der Waals surface area contributed by atoms with Gasteiger partial charge in [0.25, 0.3) is 0 Å². The maximum Gasteiger partial charge on any atom is 0.0936 e. The van der Waals surface area contributed by atoms with Crippen LogP contribution in [-0.4, -0.2) is 37.2 Å². The van der Waals surface area contributed by atoms with Gasteiger partial charge in [-0.15, -0.1) is 0 Å². The summed E-state index contributed by atoms with van der Waals surface area (Å²) < 4.78 is 5.19. The zero-order valence-electron chi connectivity index (χ0n) is 7.68. The van der Waals surface area contributed by atoms with Crippen molar-refractivity contribution in [2.75, 3.05) is 26.2 Å². The molecule has 0 aromatic carbocycles. The molecule has 2 heteroatoms. The van der Waals surface area contributed by atoms with Gasteiger partial charge in [-0.05, 0) is 25.9 Å². The summed E-state index contributed by atoms with van der Waals surface area (Å²) in [6.07, 6.45) is 3.08. The normalized spacial score (nSPS) is 22.6. The second kappa shape index (κ2) is 4.73. The Morgan fingerprint density at radius 2 is 1.82 bits per heavy atom. The summed E-state index contributed by atoms with van der Waals surface area (Å²) >= 11 is 0. The molecule has 2 nitrogen and oxygen atoms in total. The van der Waals surface area contributed by atoms with Crippen molar-refractivity contribution in [1.82, 2.24) is 4.90 Å². The van der Waals surface area contributed by atoms with E-state index >= 15 is 0 Å². The van der Waals surface area contributed by atoms with E-state index in [1.54, 1.807) is 0 Å². The first kappa shape index (κ1) is 9.01. The van der Waals surface area contributed by atoms with Crippen LogP contribution in [0.2, 0.25) is 0 Å².